The molecule has 0 amide bonds. The van der Waals surface area contributed by atoms with Crippen LogP contribution in [0, 0.1) is 0 Å². The first-order chi connectivity index (χ1) is 7.39. The molecule has 98 valence electrons. The third-order valence-electron chi connectivity index (χ3n) is 2.25. The van der Waals surface area contributed by atoms with Crippen molar-refractivity contribution in [1.29, 1.82) is 0 Å². The second-order valence-electron chi connectivity index (χ2n) is 4.59. The number of hydrogen-bond donors (Lipinski definition) is 2. The molecule has 0 saturated carbocycles. The van der Waals surface area contributed by atoms with Crippen LogP contribution in [0.5, 0.6) is 0 Å². The van der Waals surface area contributed by atoms with Crippen molar-refractivity contribution < 1.29 is 18.6 Å². The van der Waals surface area contributed by atoms with Gasteiger partial charge in [0, 0.05) is 18.2 Å². The smallest absolute Gasteiger partial charge is 0.261 e. The van der Waals surface area contributed by atoms with E-state index in [-0.39, 0.29) is 18.2 Å². The van der Waals surface area contributed by atoms with E-state index in [9.17, 15) is 13.9 Å². The van der Waals surface area contributed by atoms with Gasteiger partial charge in [-0.1, -0.05) is 13.8 Å². The Balaban J connectivity index is 3.69. The lowest BCUT2D eigenvalue weighted by molar-refractivity contribution is 0.0134. The van der Waals surface area contributed by atoms with Crippen molar-refractivity contribution in [3.63, 3.8) is 0 Å². The maximum atomic E-state index is 11.8. The molecule has 0 aromatic carbocycles. The molecule has 1 unspecified atom stereocenters. The Morgan fingerprint density at radius 2 is 2.00 bits per heavy atom. The summed E-state index contributed by atoms with van der Waals surface area (Å²) < 4.78 is 28.3. The van der Waals surface area contributed by atoms with Crippen LogP contribution in [0.3, 0.4) is 0 Å². The highest BCUT2D eigenvalue weighted by atomic mass is 19.3. The zero-order valence-corrected chi connectivity index (χ0v) is 10.3. The van der Waals surface area contributed by atoms with Crippen LogP contribution in [0.25, 0.3) is 0 Å². The lowest BCUT2D eigenvalue weighted by Gasteiger charge is -2.31. The van der Waals surface area contributed by atoms with Crippen molar-refractivity contribution in [3.8, 4) is 0 Å². The normalized spacial score (nSPS) is 15.8. The van der Waals surface area contributed by atoms with Gasteiger partial charge in [-0.25, -0.2) is 8.78 Å². The maximum Gasteiger partial charge on any atom is 0.261 e. The molecule has 0 aromatic rings. The lowest BCUT2D eigenvalue weighted by Crippen LogP contribution is -2.49. The van der Waals surface area contributed by atoms with Crippen molar-refractivity contribution in [2.24, 2.45) is 0 Å². The van der Waals surface area contributed by atoms with E-state index in [0.29, 0.717) is 19.4 Å². The second kappa shape index (κ2) is 7.92. The highest BCUT2D eigenvalue weighted by Crippen LogP contribution is 2.12. The molecule has 0 aliphatic rings. The van der Waals surface area contributed by atoms with Crippen molar-refractivity contribution in [2.45, 2.75) is 51.6 Å². The van der Waals surface area contributed by atoms with Gasteiger partial charge in [-0.15, -0.1) is 0 Å². The van der Waals surface area contributed by atoms with E-state index in [0.717, 1.165) is 0 Å². The molecule has 1 atom stereocenters. The van der Waals surface area contributed by atoms with Crippen molar-refractivity contribution in [2.75, 3.05) is 19.8 Å². The number of aliphatic hydroxyl groups excluding tert-OH is 1. The first-order valence-electron chi connectivity index (χ1n) is 5.64. The molecule has 0 fully saturated rings. The molecule has 0 heterocycles. The molecule has 0 aliphatic carbocycles. The standard InChI is InChI=1S/C11H23F2NO2/c1-9(2)14-11(3,8-15)5-4-6-16-7-10(12)13/h9-10,14-15H,4-8H2,1-3H3. The van der Waals surface area contributed by atoms with Crippen molar-refractivity contribution in [3.05, 3.63) is 0 Å². The average Bonchev–Trinajstić information content (AvgIpc) is 2.15. The number of rotatable bonds is 9. The SMILES string of the molecule is CC(C)NC(C)(CO)CCCOCC(F)F. The van der Waals surface area contributed by atoms with Crippen LogP contribution < -0.4 is 5.32 Å². The Morgan fingerprint density at radius 3 is 2.44 bits per heavy atom. The minimum Gasteiger partial charge on any atom is -0.394 e. The third kappa shape index (κ3) is 7.96. The largest absolute Gasteiger partial charge is 0.394 e. The van der Waals surface area contributed by atoms with Crippen LogP contribution in [-0.4, -0.2) is 42.9 Å². The summed E-state index contributed by atoms with van der Waals surface area (Å²) in [6.45, 7) is 5.75. The van der Waals surface area contributed by atoms with E-state index < -0.39 is 13.0 Å². The van der Waals surface area contributed by atoms with Gasteiger partial charge >= 0.3 is 0 Å². The van der Waals surface area contributed by atoms with Gasteiger partial charge < -0.3 is 15.2 Å². The Morgan fingerprint density at radius 1 is 1.38 bits per heavy atom. The van der Waals surface area contributed by atoms with Crippen LogP contribution in [0.1, 0.15) is 33.6 Å². The summed E-state index contributed by atoms with van der Waals surface area (Å²) in [6.07, 6.45) is -1.05. The third-order valence-corrected chi connectivity index (χ3v) is 2.25. The Kier molecular flexibility index (Phi) is 7.80. The molecule has 5 heteroatoms. The monoisotopic (exact) mass is 239 g/mol. The maximum absolute atomic E-state index is 11.8. The fourth-order valence-electron chi connectivity index (χ4n) is 1.63. The van der Waals surface area contributed by atoms with Gasteiger partial charge in [0.25, 0.3) is 6.43 Å². The highest BCUT2D eigenvalue weighted by molar-refractivity contribution is 4.83. The molecular formula is C11H23F2NO2. The molecule has 0 aliphatic heterocycles. The van der Waals surface area contributed by atoms with E-state index in [4.69, 9.17) is 4.74 Å². The zero-order chi connectivity index (χ0) is 12.6. The molecule has 3 nitrogen and oxygen atoms in total. The zero-order valence-electron chi connectivity index (χ0n) is 10.3. The number of aliphatic hydroxyl groups is 1. The number of nitrogens with one attached hydrogen (secondary N) is 1. The second-order valence-corrected chi connectivity index (χ2v) is 4.59. The predicted molar refractivity (Wildman–Crippen MR) is 59.8 cm³/mol. The Labute approximate surface area is 96.2 Å². The average molecular weight is 239 g/mol. The summed E-state index contributed by atoms with van der Waals surface area (Å²) in [5.41, 5.74) is -0.359. The summed E-state index contributed by atoms with van der Waals surface area (Å²) in [7, 11) is 0. The van der Waals surface area contributed by atoms with Gasteiger partial charge in [0.2, 0.25) is 0 Å². The van der Waals surface area contributed by atoms with E-state index in [2.05, 4.69) is 5.32 Å². The highest BCUT2D eigenvalue weighted by Gasteiger charge is 2.23. The summed E-state index contributed by atoms with van der Waals surface area (Å²) in [6, 6.07) is 0.277. The number of halogens is 2. The van der Waals surface area contributed by atoms with Gasteiger partial charge in [-0.2, -0.15) is 0 Å². The van der Waals surface area contributed by atoms with Crippen LogP contribution in [0.2, 0.25) is 0 Å². The van der Waals surface area contributed by atoms with Crippen LogP contribution >= 0.6 is 0 Å². The molecular weight excluding hydrogens is 216 g/mol. The Bertz CT molecular complexity index is 179. The predicted octanol–water partition coefficient (Wildman–Crippen LogP) is 1.80. The molecule has 0 saturated heterocycles. The number of hydrogen-bond acceptors (Lipinski definition) is 3. The fraction of sp³-hybridized carbons (Fsp3) is 1.00. The summed E-state index contributed by atoms with van der Waals surface area (Å²) >= 11 is 0. The minimum absolute atomic E-state index is 0.0278. The van der Waals surface area contributed by atoms with Gasteiger partial charge in [0.05, 0.1) is 6.61 Å². The molecule has 16 heavy (non-hydrogen) atoms. The van der Waals surface area contributed by atoms with Crippen LogP contribution in [-0.2, 0) is 4.74 Å². The first kappa shape index (κ1) is 15.7. The molecule has 0 radical (unpaired) electrons. The lowest BCUT2D eigenvalue weighted by atomic mass is 9.96. The van der Waals surface area contributed by atoms with Gasteiger partial charge in [-0.05, 0) is 19.8 Å². The van der Waals surface area contributed by atoms with Gasteiger partial charge in [0.15, 0.2) is 0 Å². The quantitative estimate of drug-likeness (QED) is 0.603. The minimum atomic E-state index is -2.40. The molecule has 0 bridgehead atoms. The summed E-state index contributed by atoms with van der Waals surface area (Å²) in [4.78, 5) is 0. The van der Waals surface area contributed by atoms with E-state index in [1.165, 1.54) is 0 Å². The van der Waals surface area contributed by atoms with E-state index in [1.54, 1.807) is 0 Å². The molecule has 0 aromatic heterocycles. The topological polar surface area (TPSA) is 41.5 Å². The van der Waals surface area contributed by atoms with Crippen molar-refractivity contribution in [1.82, 2.24) is 5.32 Å². The number of ether oxygens (including phenoxy) is 1. The fourth-order valence-corrected chi connectivity index (χ4v) is 1.63. The van der Waals surface area contributed by atoms with Gasteiger partial charge in [0.1, 0.15) is 6.61 Å². The first-order valence-corrected chi connectivity index (χ1v) is 5.64. The van der Waals surface area contributed by atoms with Crippen LogP contribution in [0.15, 0.2) is 0 Å². The van der Waals surface area contributed by atoms with Crippen LogP contribution in [0.4, 0.5) is 8.78 Å². The summed E-state index contributed by atoms with van der Waals surface area (Å²) in [5.74, 6) is 0. The molecule has 2 N–H and O–H groups in total. The van der Waals surface area contributed by atoms with E-state index in [1.807, 2.05) is 20.8 Å². The molecule has 0 spiro atoms. The van der Waals surface area contributed by atoms with Crippen molar-refractivity contribution >= 4 is 0 Å². The molecule has 0 rings (SSSR count). The van der Waals surface area contributed by atoms with E-state index >= 15 is 0 Å². The van der Waals surface area contributed by atoms with Gasteiger partial charge in [-0.3, -0.25) is 0 Å². The number of alkyl halides is 2. The summed E-state index contributed by atoms with van der Waals surface area (Å²) in [5, 5.41) is 12.5. The Hall–Kier alpha value is -0.260.